The van der Waals surface area contributed by atoms with Gasteiger partial charge in [-0.25, -0.2) is 14.4 Å². The maximum atomic E-state index is 13.7. The molecule has 5 nitrogen and oxygen atoms in total. The van der Waals surface area contributed by atoms with E-state index in [0.29, 0.717) is 18.1 Å². The van der Waals surface area contributed by atoms with Crippen LogP contribution >= 0.6 is 0 Å². The van der Waals surface area contributed by atoms with E-state index >= 15 is 0 Å². The minimum absolute atomic E-state index is 0.148. The van der Waals surface area contributed by atoms with Gasteiger partial charge in [-0.2, -0.15) is 0 Å². The van der Waals surface area contributed by atoms with E-state index in [2.05, 4.69) is 9.97 Å². The van der Waals surface area contributed by atoms with Crippen molar-refractivity contribution in [3.05, 3.63) is 89.7 Å². The number of furan rings is 1. The molecular formula is C22H18FN3O2. The number of nitrogen functional groups attached to an aromatic ring is 1. The molecule has 0 atom stereocenters. The zero-order chi connectivity index (χ0) is 19.5. The molecule has 1 aromatic carbocycles. The maximum Gasteiger partial charge on any atom is 0.219 e. The summed E-state index contributed by atoms with van der Waals surface area (Å²) in [6.45, 7) is 1.92. The molecule has 4 aromatic rings. The average molecular weight is 375 g/mol. The van der Waals surface area contributed by atoms with Gasteiger partial charge in [0.25, 0.3) is 0 Å². The minimum Gasteiger partial charge on any atom is -0.461 e. The van der Waals surface area contributed by atoms with Crippen molar-refractivity contribution in [1.82, 2.24) is 9.97 Å². The summed E-state index contributed by atoms with van der Waals surface area (Å²) in [5.74, 6) is 2.11. The number of aryl methyl sites for hydroxylation is 1. The van der Waals surface area contributed by atoms with Gasteiger partial charge in [0.05, 0.1) is 0 Å². The molecule has 3 aromatic heterocycles. The van der Waals surface area contributed by atoms with Crippen molar-refractivity contribution in [2.75, 3.05) is 5.73 Å². The van der Waals surface area contributed by atoms with Gasteiger partial charge < -0.3 is 14.9 Å². The number of nitrogens with zero attached hydrogens (tertiary/aromatic N) is 2. The van der Waals surface area contributed by atoms with E-state index in [0.717, 1.165) is 28.2 Å². The third-order valence-corrected chi connectivity index (χ3v) is 4.33. The van der Waals surface area contributed by atoms with Crippen LogP contribution in [0.5, 0.6) is 11.6 Å². The van der Waals surface area contributed by atoms with Crippen LogP contribution in [-0.2, 0) is 6.42 Å². The molecule has 0 aliphatic heterocycles. The molecule has 0 aliphatic rings. The van der Waals surface area contributed by atoms with Crippen molar-refractivity contribution in [3.8, 4) is 23.0 Å². The van der Waals surface area contributed by atoms with Crippen molar-refractivity contribution in [3.63, 3.8) is 0 Å². The summed E-state index contributed by atoms with van der Waals surface area (Å²) in [6, 6.07) is 15.5. The summed E-state index contributed by atoms with van der Waals surface area (Å²) in [5.41, 5.74) is 8.55. The van der Waals surface area contributed by atoms with E-state index in [1.807, 2.05) is 25.1 Å². The summed E-state index contributed by atoms with van der Waals surface area (Å²) in [4.78, 5) is 8.37. The highest BCUT2D eigenvalue weighted by atomic mass is 19.1. The topological polar surface area (TPSA) is 74.2 Å². The normalized spacial score (nSPS) is 10.8. The molecule has 0 radical (unpaired) electrons. The number of anilines is 1. The summed E-state index contributed by atoms with van der Waals surface area (Å²) in [7, 11) is 0. The molecule has 0 bridgehead atoms. The highest BCUT2D eigenvalue weighted by Crippen LogP contribution is 2.27. The fourth-order valence-electron chi connectivity index (χ4n) is 2.82. The fraction of sp³-hybridized carbons (Fsp3) is 0.0909. The molecule has 0 amide bonds. The zero-order valence-electron chi connectivity index (χ0n) is 15.2. The van der Waals surface area contributed by atoms with Crippen LogP contribution in [0.15, 0.2) is 71.4 Å². The van der Waals surface area contributed by atoms with Crippen molar-refractivity contribution in [2.45, 2.75) is 13.3 Å². The van der Waals surface area contributed by atoms with E-state index in [9.17, 15) is 4.39 Å². The molecule has 0 unspecified atom stereocenters. The van der Waals surface area contributed by atoms with E-state index in [1.54, 1.807) is 42.7 Å². The molecule has 0 aliphatic carbocycles. The molecule has 2 N–H and O–H groups in total. The lowest BCUT2D eigenvalue weighted by Crippen LogP contribution is -1.93. The lowest BCUT2D eigenvalue weighted by molar-refractivity contribution is 0.427. The number of ether oxygens (including phenoxy) is 1. The second-order valence-electron chi connectivity index (χ2n) is 6.38. The summed E-state index contributed by atoms with van der Waals surface area (Å²) in [6.07, 6.45) is 4.06. The maximum absolute atomic E-state index is 13.7. The van der Waals surface area contributed by atoms with Crippen LogP contribution < -0.4 is 10.5 Å². The van der Waals surface area contributed by atoms with Crippen molar-refractivity contribution in [1.29, 1.82) is 0 Å². The van der Waals surface area contributed by atoms with Gasteiger partial charge in [-0.05, 0) is 48.4 Å². The Morgan fingerprint density at radius 2 is 1.89 bits per heavy atom. The predicted octanol–water partition coefficient (Wildman–Crippen LogP) is 5.15. The first-order chi connectivity index (χ1) is 13.6. The lowest BCUT2D eigenvalue weighted by atomic mass is 10.1. The Kier molecular flexibility index (Phi) is 4.76. The van der Waals surface area contributed by atoms with Gasteiger partial charge in [-0.3, -0.25) is 0 Å². The van der Waals surface area contributed by atoms with Gasteiger partial charge in [0.2, 0.25) is 5.88 Å². The number of aromatic nitrogens is 2. The monoisotopic (exact) mass is 375 g/mol. The predicted molar refractivity (Wildman–Crippen MR) is 105 cm³/mol. The third kappa shape index (κ3) is 3.86. The first kappa shape index (κ1) is 17.7. The number of rotatable bonds is 5. The van der Waals surface area contributed by atoms with Gasteiger partial charge >= 0.3 is 0 Å². The third-order valence-electron chi connectivity index (χ3n) is 4.33. The smallest absolute Gasteiger partial charge is 0.219 e. The largest absolute Gasteiger partial charge is 0.461 e. The van der Waals surface area contributed by atoms with Crippen LogP contribution in [0.2, 0.25) is 0 Å². The standard InChI is InChI=1S/C22H18FN3O2/c1-14-17(11-20(27-14)16-7-8-21(24)25-13-16)10-15-6-9-22(26-12-15)28-19-5-3-2-4-18(19)23/h2-9,11-13H,10H2,1H3,(H2,24,25). The molecule has 28 heavy (non-hydrogen) atoms. The molecular weight excluding hydrogens is 357 g/mol. The van der Waals surface area contributed by atoms with Crippen LogP contribution in [0.4, 0.5) is 10.2 Å². The number of halogens is 1. The van der Waals surface area contributed by atoms with E-state index < -0.39 is 5.82 Å². The van der Waals surface area contributed by atoms with Gasteiger partial charge in [0.1, 0.15) is 17.3 Å². The summed E-state index contributed by atoms with van der Waals surface area (Å²) >= 11 is 0. The highest BCUT2D eigenvalue weighted by Gasteiger charge is 2.11. The van der Waals surface area contributed by atoms with Gasteiger partial charge in [0.15, 0.2) is 11.6 Å². The van der Waals surface area contributed by atoms with Gasteiger partial charge in [-0.1, -0.05) is 18.2 Å². The summed E-state index contributed by atoms with van der Waals surface area (Å²) < 4.78 is 25.0. The Bertz CT molecular complexity index is 1090. The fourth-order valence-corrected chi connectivity index (χ4v) is 2.82. The first-order valence-corrected chi connectivity index (χ1v) is 8.77. The second kappa shape index (κ2) is 7.52. The Balaban J connectivity index is 1.49. The Hall–Kier alpha value is -3.67. The second-order valence-corrected chi connectivity index (χ2v) is 6.38. The lowest BCUT2D eigenvalue weighted by Gasteiger charge is -2.06. The molecule has 0 saturated carbocycles. The number of nitrogens with two attached hydrogens (primary N) is 1. The van der Waals surface area contributed by atoms with Crippen molar-refractivity contribution < 1.29 is 13.5 Å². The zero-order valence-corrected chi connectivity index (χ0v) is 15.2. The first-order valence-electron chi connectivity index (χ1n) is 8.77. The molecule has 3 heterocycles. The van der Waals surface area contributed by atoms with Crippen LogP contribution in [0.3, 0.4) is 0 Å². The number of para-hydroxylation sites is 1. The number of pyridine rings is 2. The number of hydrogen-bond donors (Lipinski definition) is 1. The van der Waals surface area contributed by atoms with Crippen LogP contribution in [0, 0.1) is 12.7 Å². The SMILES string of the molecule is Cc1oc(-c2ccc(N)nc2)cc1Cc1ccc(Oc2ccccc2F)nc1. The van der Waals surface area contributed by atoms with Crippen LogP contribution in [0.25, 0.3) is 11.3 Å². The highest BCUT2D eigenvalue weighted by molar-refractivity contribution is 5.59. The van der Waals surface area contributed by atoms with Crippen molar-refractivity contribution >= 4 is 5.82 Å². The summed E-state index contributed by atoms with van der Waals surface area (Å²) in [5, 5.41) is 0. The minimum atomic E-state index is -0.424. The Morgan fingerprint density at radius 1 is 1.04 bits per heavy atom. The molecule has 140 valence electrons. The van der Waals surface area contributed by atoms with Gasteiger partial charge in [0, 0.05) is 30.4 Å². The van der Waals surface area contributed by atoms with E-state index in [1.165, 1.54) is 6.07 Å². The molecule has 0 spiro atoms. The van der Waals surface area contributed by atoms with Gasteiger partial charge in [-0.15, -0.1) is 0 Å². The number of benzene rings is 1. The molecule has 0 fully saturated rings. The van der Waals surface area contributed by atoms with Crippen LogP contribution in [-0.4, -0.2) is 9.97 Å². The quantitative estimate of drug-likeness (QED) is 0.522. The molecule has 4 rings (SSSR count). The molecule has 0 saturated heterocycles. The van der Waals surface area contributed by atoms with E-state index in [-0.39, 0.29) is 5.75 Å². The van der Waals surface area contributed by atoms with Crippen LogP contribution in [0.1, 0.15) is 16.9 Å². The van der Waals surface area contributed by atoms with Crippen molar-refractivity contribution in [2.24, 2.45) is 0 Å². The molecule has 6 heteroatoms. The number of hydrogen-bond acceptors (Lipinski definition) is 5. The Morgan fingerprint density at radius 3 is 2.61 bits per heavy atom. The average Bonchev–Trinajstić information content (AvgIpc) is 3.06. The van der Waals surface area contributed by atoms with E-state index in [4.69, 9.17) is 14.9 Å². The Labute approximate surface area is 161 Å².